The van der Waals surface area contributed by atoms with Gasteiger partial charge in [0.15, 0.2) is 0 Å². The second-order valence-electron chi connectivity index (χ2n) is 14.5. The highest BCUT2D eigenvalue weighted by atomic mass is 35.5. The number of ether oxygens (including phenoxy) is 1. The number of aromatic hydroxyl groups is 1. The SMILES string of the molecule is C=CCc1cccc([C@H]2C3=CC[C@@H]4C(=O)N(c5ccc(C)c(Cl)c5)C(=O)[C@@H]4[C@@H]3C[C@H]3C(=O)N(Nc4ccc(Cl)cc4Cl)C(=O)[C@@]23c2ccc(OC)cc2)c1O. The summed E-state index contributed by atoms with van der Waals surface area (Å²) in [5.74, 6) is -5.52. The Morgan fingerprint density at radius 1 is 0.927 bits per heavy atom. The number of fused-ring (bicyclic) bond motifs is 4. The van der Waals surface area contributed by atoms with E-state index in [1.807, 2.05) is 13.0 Å². The number of carbonyl (C=O) groups excluding carboxylic acids is 4. The van der Waals surface area contributed by atoms with Gasteiger partial charge in [0.25, 0.3) is 11.8 Å². The maximum atomic E-state index is 15.5. The van der Waals surface area contributed by atoms with E-state index in [0.29, 0.717) is 50.2 Å². The minimum atomic E-state index is -1.62. The molecule has 2 saturated heterocycles. The Kier molecular flexibility index (Phi) is 9.31. The predicted octanol–water partition coefficient (Wildman–Crippen LogP) is 8.59. The molecule has 8 rings (SSSR count). The van der Waals surface area contributed by atoms with E-state index < -0.39 is 52.7 Å². The van der Waals surface area contributed by atoms with Gasteiger partial charge in [0.05, 0.1) is 46.7 Å². The Labute approximate surface area is 333 Å². The summed E-state index contributed by atoms with van der Waals surface area (Å²) in [6, 6.07) is 22.1. The highest BCUT2D eigenvalue weighted by molar-refractivity contribution is 6.36. The van der Waals surface area contributed by atoms with Crippen molar-refractivity contribution < 1.29 is 29.0 Å². The number of amides is 4. The number of nitrogens with one attached hydrogen (secondary N) is 1. The number of hydrogen-bond acceptors (Lipinski definition) is 7. The van der Waals surface area contributed by atoms with E-state index in [-0.39, 0.29) is 35.2 Å². The van der Waals surface area contributed by atoms with E-state index in [1.54, 1.807) is 78.9 Å². The standard InChI is InChI=1S/C43H36Cl3N3O6/c1-4-6-23-7-5-8-30(38(23)50)37-28-16-17-29-36(41(53)48(39(29)51)26-13-9-22(2)33(45)20-26)31(28)21-32-40(52)49(47-35-18-12-25(44)19-34(35)46)42(54)43(32,37)24-10-14-27(55-3)15-11-24/h4-5,7-16,18-20,29,31-32,36-37,47,50H,1,6,17,21H2,2-3H3/t29-,31+,32-,36-,37+,43+/m0/s1. The Morgan fingerprint density at radius 3 is 2.38 bits per heavy atom. The first kappa shape index (κ1) is 36.9. The number of imide groups is 2. The third-order valence-electron chi connectivity index (χ3n) is 11.8. The van der Waals surface area contributed by atoms with Gasteiger partial charge in [0.1, 0.15) is 11.5 Å². The number of para-hydroxylation sites is 1. The Hall–Kier alpha value is -5.09. The minimum Gasteiger partial charge on any atom is -0.507 e. The molecule has 55 heavy (non-hydrogen) atoms. The van der Waals surface area contributed by atoms with Gasteiger partial charge in [-0.2, -0.15) is 5.01 Å². The zero-order chi connectivity index (χ0) is 38.9. The number of allylic oxidation sites excluding steroid dienone is 3. The highest BCUT2D eigenvalue weighted by Crippen LogP contribution is 2.65. The van der Waals surface area contributed by atoms with Gasteiger partial charge in [-0.15, -0.1) is 6.58 Å². The molecule has 12 heteroatoms. The number of rotatable bonds is 8. The van der Waals surface area contributed by atoms with Crippen LogP contribution in [0.5, 0.6) is 11.5 Å². The van der Waals surface area contributed by atoms with E-state index in [4.69, 9.17) is 39.5 Å². The van der Waals surface area contributed by atoms with Crippen LogP contribution in [0.25, 0.3) is 0 Å². The molecule has 2 aliphatic carbocycles. The molecule has 0 radical (unpaired) electrons. The number of hydrazine groups is 1. The van der Waals surface area contributed by atoms with Gasteiger partial charge < -0.3 is 9.84 Å². The second-order valence-corrected chi connectivity index (χ2v) is 15.8. The average molecular weight is 797 g/mol. The molecule has 2 N–H and O–H groups in total. The third-order valence-corrected chi connectivity index (χ3v) is 12.8. The molecular formula is C43H36Cl3N3O6. The van der Waals surface area contributed by atoms with E-state index in [0.717, 1.165) is 10.6 Å². The van der Waals surface area contributed by atoms with Gasteiger partial charge in [-0.25, -0.2) is 4.90 Å². The van der Waals surface area contributed by atoms with Crippen LogP contribution in [0.2, 0.25) is 15.1 Å². The molecule has 3 fully saturated rings. The van der Waals surface area contributed by atoms with Crippen LogP contribution in [0.1, 0.15) is 41.0 Å². The Morgan fingerprint density at radius 2 is 1.69 bits per heavy atom. The lowest BCUT2D eigenvalue weighted by Crippen LogP contribution is -2.53. The summed E-state index contributed by atoms with van der Waals surface area (Å²) in [6.45, 7) is 5.70. The normalized spacial score (nSPS) is 25.7. The van der Waals surface area contributed by atoms with E-state index >= 15 is 9.59 Å². The first-order chi connectivity index (χ1) is 26.4. The van der Waals surface area contributed by atoms with Crippen LogP contribution in [0.4, 0.5) is 11.4 Å². The smallest absolute Gasteiger partial charge is 0.260 e. The zero-order valence-electron chi connectivity index (χ0n) is 29.9. The first-order valence-corrected chi connectivity index (χ1v) is 19.1. The lowest BCUT2D eigenvalue weighted by molar-refractivity contribution is -0.138. The summed E-state index contributed by atoms with van der Waals surface area (Å²) in [4.78, 5) is 60.5. The van der Waals surface area contributed by atoms with Crippen LogP contribution in [0.15, 0.2) is 103 Å². The third kappa shape index (κ3) is 5.58. The van der Waals surface area contributed by atoms with Crippen LogP contribution in [-0.4, -0.2) is 40.9 Å². The molecule has 9 nitrogen and oxygen atoms in total. The lowest BCUT2D eigenvalue weighted by Gasteiger charge is -2.50. The number of hydrogen-bond donors (Lipinski definition) is 2. The summed E-state index contributed by atoms with van der Waals surface area (Å²) < 4.78 is 5.48. The topological polar surface area (TPSA) is 116 Å². The van der Waals surface area contributed by atoms with Crippen LogP contribution in [-0.2, 0) is 31.0 Å². The van der Waals surface area contributed by atoms with Crippen molar-refractivity contribution in [3.8, 4) is 11.5 Å². The van der Waals surface area contributed by atoms with Crippen molar-refractivity contribution in [2.24, 2.45) is 23.7 Å². The molecular weight excluding hydrogens is 761 g/mol. The highest BCUT2D eigenvalue weighted by Gasteiger charge is 2.70. The number of anilines is 2. The summed E-state index contributed by atoms with van der Waals surface area (Å²) in [5.41, 5.74) is 5.06. The molecule has 4 aromatic rings. The van der Waals surface area contributed by atoms with Crippen LogP contribution in [0, 0.1) is 30.6 Å². The van der Waals surface area contributed by atoms with Crippen LogP contribution < -0.4 is 15.1 Å². The number of aryl methyl sites for hydroxylation is 1. The maximum Gasteiger partial charge on any atom is 0.260 e. The van der Waals surface area contributed by atoms with Gasteiger partial charge in [0, 0.05) is 21.5 Å². The van der Waals surface area contributed by atoms with Crippen LogP contribution >= 0.6 is 34.8 Å². The predicted molar refractivity (Wildman–Crippen MR) is 211 cm³/mol. The van der Waals surface area contributed by atoms with Gasteiger partial charge in [0.2, 0.25) is 11.8 Å². The monoisotopic (exact) mass is 795 g/mol. The van der Waals surface area contributed by atoms with E-state index in [2.05, 4.69) is 12.0 Å². The van der Waals surface area contributed by atoms with Gasteiger partial charge >= 0.3 is 0 Å². The van der Waals surface area contributed by atoms with E-state index in [9.17, 15) is 14.7 Å². The molecule has 280 valence electrons. The van der Waals surface area contributed by atoms with Crippen molar-refractivity contribution >= 4 is 69.8 Å². The van der Waals surface area contributed by atoms with Gasteiger partial charge in [-0.3, -0.25) is 24.6 Å². The fourth-order valence-corrected chi connectivity index (χ4v) is 9.95. The fraction of sp³-hybridized carbons (Fsp3) is 0.256. The van der Waals surface area contributed by atoms with Gasteiger partial charge in [-0.05, 0) is 91.3 Å². The van der Waals surface area contributed by atoms with Crippen LogP contribution in [0.3, 0.4) is 0 Å². The largest absolute Gasteiger partial charge is 0.507 e. The van der Waals surface area contributed by atoms with Crippen molar-refractivity contribution in [2.75, 3.05) is 17.4 Å². The molecule has 0 bridgehead atoms. The second kappa shape index (κ2) is 13.9. The average Bonchev–Trinajstić information content (AvgIpc) is 3.55. The quantitative estimate of drug-likeness (QED) is 0.136. The van der Waals surface area contributed by atoms with Crippen molar-refractivity contribution in [3.63, 3.8) is 0 Å². The molecule has 6 atom stereocenters. The number of nitrogens with zero attached hydrogens (tertiary/aromatic N) is 2. The molecule has 4 aliphatic rings. The summed E-state index contributed by atoms with van der Waals surface area (Å²) in [6.07, 6.45) is 4.25. The maximum absolute atomic E-state index is 15.5. The fourth-order valence-electron chi connectivity index (χ4n) is 9.33. The number of phenolic OH excluding ortho intramolecular Hbond substituents is 1. The summed E-state index contributed by atoms with van der Waals surface area (Å²) >= 11 is 19.2. The molecule has 0 spiro atoms. The minimum absolute atomic E-state index is 0.0418. The molecule has 4 amide bonds. The zero-order valence-corrected chi connectivity index (χ0v) is 32.2. The molecule has 1 saturated carbocycles. The molecule has 2 aliphatic heterocycles. The first-order valence-electron chi connectivity index (χ1n) is 17.9. The number of phenols is 1. The number of halogens is 3. The van der Waals surface area contributed by atoms with E-state index in [1.165, 1.54) is 18.1 Å². The van der Waals surface area contributed by atoms with Gasteiger partial charge in [-0.1, -0.05) is 88.9 Å². The number of carbonyl (C=O) groups is 4. The number of benzene rings is 4. The Bertz CT molecular complexity index is 2340. The van der Waals surface area contributed by atoms with Crippen molar-refractivity contribution in [3.05, 3.63) is 140 Å². The molecule has 2 heterocycles. The summed E-state index contributed by atoms with van der Waals surface area (Å²) in [5, 5.41) is 14.1. The summed E-state index contributed by atoms with van der Waals surface area (Å²) in [7, 11) is 1.54. The van der Waals surface area contributed by atoms with Crippen molar-refractivity contribution in [1.29, 1.82) is 0 Å². The molecule has 0 aromatic heterocycles. The number of methoxy groups -OCH3 is 1. The lowest BCUT2D eigenvalue weighted by atomic mass is 9.49. The molecule has 4 aromatic carbocycles. The van der Waals surface area contributed by atoms with Crippen molar-refractivity contribution in [1.82, 2.24) is 5.01 Å². The molecule has 0 unspecified atom stereocenters. The van der Waals surface area contributed by atoms with Crippen molar-refractivity contribution in [2.45, 2.75) is 37.5 Å². The Balaban J connectivity index is 1.35.